The van der Waals surface area contributed by atoms with Gasteiger partial charge in [-0.2, -0.15) is 4.68 Å². The predicted molar refractivity (Wildman–Crippen MR) is 127 cm³/mol. The monoisotopic (exact) mass is 477 g/mol. The minimum atomic E-state index is -0.655. The Hall–Kier alpha value is -4.21. The molecule has 0 bridgehead atoms. The first-order chi connectivity index (χ1) is 16.9. The molecule has 1 atom stereocenters. The Balaban J connectivity index is 1.26. The molecule has 3 aromatic rings. The lowest BCUT2D eigenvalue weighted by Gasteiger charge is -2.37. The quantitative estimate of drug-likeness (QED) is 0.570. The Bertz CT molecular complexity index is 1320. The molecule has 0 saturated carbocycles. The normalized spacial score (nSPS) is 17.7. The Labute approximate surface area is 200 Å². The van der Waals surface area contributed by atoms with Crippen LogP contribution < -0.4 is 20.1 Å². The molecule has 180 valence electrons. The smallest absolute Gasteiger partial charge is 0.271 e. The second-order valence-corrected chi connectivity index (χ2v) is 8.44. The van der Waals surface area contributed by atoms with E-state index in [1.54, 1.807) is 36.1 Å². The van der Waals surface area contributed by atoms with Gasteiger partial charge in [-0.15, -0.1) is 5.10 Å². The number of benzene rings is 2. The number of halogens is 1. The zero-order chi connectivity index (χ0) is 24.5. The standard InChI is InChI=1S/C25H24FN5O4/c1-17-25(34)30(20-4-2-3-5-21(20)35-17)16-24(33)29-14-12-28(13-15-29)22-10-11-23(32)31(27-22)19-8-6-18(26)7-9-19/h2-11,17H,12-16H2,1H3. The van der Waals surface area contributed by atoms with Crippen LogP contribution in [0, 0.1) is 5.82 Å². The van der Waals surface area contributed by atoms with E-state index in [1.165, 1.54) is 39.9 Å². The minimum Gasteiger partial charge on any atom is -0.479 e. The largest absolute Gasteiger partial charge is 0.479 e. The molecular formula is C25H24FN5O4. The Morgan fingerprint density at radius 1 is 1.00 bits per heavy atom. The van der Waals surface area contributed by atoms with Crippen LogP contribution in [0.15, 0.2) is 65.5 Å². The summed E-state index contributed by atoms with van der Waals surface area (Å²) in [6, 6.07) is 15.8. The molecule has 2 aliphatic rings. The number of anilines is 2. The van der Waals surface area contributed by atoms with Gasteiger partial charge in [-0.1, -0.05) is 12.1 Å². The van der Waals surface area contributed by atoms with Crippen molar-refractivity contribution in [1.29, 1.82) is 0 Å². The van der Waals surface area contributed by atoms with Gasteiger partial charge in [0.05, 0.1) is 11.4 Å². The average molecular weight is 477 g/mol. The third-order valence-electron chi connectivity index (χ3n) is 6.18. The van der Waals surface area contributed by atoms with Crippen LogP contribution in [0.25, 0.3) is 5.69 Å². The Morgan fingerprint density at radius 3 is 2.46 bits per heavy atom. The van der Waals surface area contributed by atoms with Crippen molar-refractivity contribution < 1.29 is 18.7 Å². The summed E-state index contributed by atoms with van der Waals surface area (Å²) in [7, 11) is 0. The number of aromatic nitrogens is 2. The molecule has 1 fully saturated rings. The molecule has 5 rings (SSSR count). The number of fused-ring (bicyclic) bond motifs is 1. The number of amides is 2. The first kappa shape index (κ1) is 22.6. The topological polar surface area (TPSA) is 88.0 Å². The van der Waals surface area contributed by atoms with E-state index in [2.05, 4.69) is 5.10 Å². The molecule has 0 N–H and O–H groups in total. The van der Waals surface area contributed by atoms with Crippen molar-refractivity contribution in [2.24, 2.45) is 0 Å². The van der Waals surface area contributed by atoms with Gasteiger partial charge in [0.2, 0.25) is 5.91 Å². The highest BCUT2D eigenvalue weighted by molar-refractivity contribution is 6.03. The second kappa shape index (κ2) is 9.21. The van der Waals surface area contributed by atoms with Crippen LogP contribution in [0.4, 0.5) is 15.9 Å². The van der Waals surface area contributed by atoms with Crippen LogP contribution >= 0.6 is 0 Å². The lowest BCUT2D eigenvalue weighted by atomic mass is 10.2. The first-order valence-corrected chi connectivity index (χ1v) is 11.4. The molecule has 10 heteroatoms. The SMILES string of the molecule is CC1Oc2ccccc2N(CC(=O)N2CCN(c3ccc(=O)n(-c4ccc(F)cc4)n3)CC2)C1=O. The number of nitrogens with zero attached hydrogens (tertiary/aromatic N) is 5. The molecule has 0 radical (unpaired) electrons. The minimum absolute atomic E-state index is 0.0583. The van der Waals surface area contributed by atoms with Crippen LogP contribution in [-0.4, -0.2) is 65.3 Å². The maximum absolute atomic E-state index is 13.3. The summed E-state index contributed by atoms with van der Waals surface area (Å²) in [4.78, 5) is 43.3. The van der Waals surface area contributed by atoms with Crippen LogP contribution in [0.3, 0.4) is 0 Å². The fraction of sp³-hybridized carbons (Fsp3) is 0.280. The van der Waals surface area contributed by atoms with Gasteiger partial charge in [0.1, 0.15) is 23.9 Å². The van der Waals surface area contributed by atoms with Gasteiger partial charge < -0.3 is 14.5 Å². The Morgan fingerprint density at radius 2 is 1.71 bits per heavy atom. The maximum Gasteiger partial charge on any atom is 0.271 e. The number of piperazine rings is 1. The zero-order valence-corrected chi connectivity index (χ0v) is 19.1. The molecule has 0 spiro atoms. The number of carbonyl (C=O) groups excluding carboxylic acids is 2. The molecule has 2 amide bonds. The number of ether oxygens (including phenoxy) is 1. The number of rotatable bonds is 4. The third kappa shape index (κ3) is 4.46. The molecule has 2 aromatic carbocycles. The highest BCUT2D eigenvalue weighted by atomic mass is 19.1. The number of carbonyl (C=O) groups is 2. The van der Waals surface area contributed by atoms with Crippen molar-refractivity contribution in [1.82, 2.24) is 14.7 Å². The third-order valence-corrected chi connectivity index (χ3v) is 6.18. The van der Waals surface area contributed by atoms with E-state index in [-0.39, 0.29) is 23.9 Å². The molecule has 1 unspecified atom stereocenters. The summed E-state index contributed by atoms with van der Waals surface area (Å²) in [5, 5.41) is 4.44. The predicted octanol–water partition coefficient (Wildman–Crippen LogP) is 1.83. The molecular weight excluding hydrogens is 453 g/mol. The van der Waals surface area contributed by atoms with Gasteiger partial charge in [-0.3, -0.25) is 19.3 Å². The molecule has 2 aliphatic heterocycles. The fourth-order valence-electron chi connectivity index (χ4n) is 4.28. The maximum atomic E-state index is 13.3. The van der Waals surface area contributed by atoms with Crippen LogP contribution in [0.1, 0.15) is 6.92 Å². The van der Waals surface area contributed by atoms with Crippen molar-refractivity contribution in [3.05, 3.63) is 76.8 Å². The van der Waals surface area contributed by atoms with Crippen molar-refractivity contribution in [3.63, 3.8) is 0 Å². The second-order valence-electron chi connectivity index (χ2n) is 8.44. The Kier molecular flexibility index (Phi) is 5.94. The van der Waals surface area contributed by atoms with Crippen molar-refractivity contribution in [3.8, 4) is 11.4 Å². The van der Waals surface area contributed by atoms with E-state index in [0.29, 0.717) is 49.1 Å². The van der Waals surface area contributed by atoms with Gasteiger partial charge in [-0.25, -0.2) is 4.39 Å². The summed E-state index contributed by atoms with van der Waals surface area (Å²) in [5.41, 5.74) is 0.741. The van der Waals surface area contributed by atoms with E-state index < -0.39 is 11.9 Å². The van der Waals surface area contributed by atoms with Gasteiger partial charge in [0.15, 0.2) is 6.10 Å². The molecule has 35 heavy (non-hydrogen) atoms. The zero-order valence-electron chi connectivity index (χ0n) is 19.1. The molecule has 0 aliphatic carbocycles. The van der Waals surface area contributed by atoms with E-state index in [9.17, 15) is 18.8 Å². The molecule has 9 nitrogen and oxygen atoms in total. The van der Waals surface area contributed by atoms with Crippen molar-refractivity contribution in [2.45, 2.75) is 13.0 Å². The van der Waals surface area contributed by atoms with E-state index >= 15 is 0 Å². The molecule has 1 aromatic heterocycles. The van der Waals surface area contributed by atoms with E-state index in [4.69, 9.17) is 4.74 Å². The number of hydrogen-bond donors (Lipinski definition) is 0. The van der Waals surface area contributed by atoms with Crippen LogP contribution in [-0.2, 0) is 9.59 Å². The highest BCUT2D eigenvalue weighted by Crippen LogP contribution is 2.33. The summed E-state index contributed by atoms with van der Waals surface area (Å²) < 4.78 is 20.1. The fourth-order valence-corrected chi connectivity index (χ4v) is 4.28. The first-order valence-electron chi connectivity index (χ1n) is 11.4. The number of hydrogen-bond acceptors (Lipinski definition) is 6. The van der Waals surface area contributed by atoms with Crippen molar-refractivity contribution >= 4 is 23.3 Å². The van der Waals surface area contributed by atoms with Gasteiger partial charge >= 0.3 is 0 Å². The lowest BCUT2D eigenvalue weighted by Crippen LogP contribution is -2.54. The molecule has 1 saturated heterocycles. The van der Waals surface area contributed by atoms with E-state index in [1.807, 2.05) is 11.0 Å². The van der Waals surface area contributed by atoms with Crippen LogP contribution in [0.2, 0.25) is 0 Å². The van der Waals surface area contributed by atoms with Gasteiger partial charge in [-0.05, 0) is 49.4 Å². The van der Waals surface area contributed by atoms with E-state index in [0.717, 1.165) is 0 Å². The highest BCUT2D eigenvalue weighted by Gasteiger charge is 2.34. The summed E-state index contributed by atoms with van der Waals surface area (Å²) >= 11 is 0. The van der Waals surface area contributed by atoms with Crippen molar-refractivity contribution in [2.75, 3.05) is 42.5 Å². The van der Waals surface area contributed by atoms with Gasteiger partial charge in [0.25, 0.3) is 11.5 Å². The van der Waals surface area contributed by atoms with Crippen LogP contribution in [0.5, 0.6) is 5.75 Å². The molecule has 3 heterocycles. The average Bonchev–Trinajstić information content (AvgIpc) is 2.87. The number of para-hydroxylation sites is 2. The lowest BCUT2D eigenvalue weighted by molar-refractivity contribution is -0.133. The summed E-state index contributed by atoms with van der Waals surface area (Å²) in [6.07, 6.45) is -0.655. The van der Waals surface area contributed by atoms with Gasteiger partial charge in [0, 0.05) is 32.2 Å². The summed E-state index contributed by atoms with van der Waals surface area (Å²) in [5.74, 6) is 0.385. The summed E-state index contributed by atoms with van der Waals surface area (Å²) in [6.45, 7) is 3.55.